The molecule has 0 bridgehead atoms. The predicted octanol–water partition coefficient (Wildman–Crippen LogP) is 0.678. The molecule has 6 nitrogen and oxygen atoms in total. The SMILES string of the molecule is Cc1nc(CN(C)CC2CCC(=O)N(C)C2)no1. The van der Waals surface area contributed by atoms with Crippen LogP contribution < -0.4 is 0 Å². The molecule has 0 saturated carbocycles. The molecule has 1 fully saturated rings. The van der Waals surface area contributed by atoms with E-state index in [0.29, 0.717) is 24.8 Å². The Morgan fingerprint density at radius 2 is 2.33 bits per heavy atom. The van der Waals surface area contributed by atoms with Crippen LogP contribution >= 0.6 is 0 Å². The Morgan fingerprint density at radius 1 is 1.56 bits per heavy atom. The molecule has 18 heavy (non-hydrogen) atoms. The lowest BCUT2D eigenvalue weighted by atomic mass is 9.97. The number of rotatable bonds is 4. The molecule has 1 aromatic heterocycles. The lowest BCUT2D eigenvalue weighted by molar-refractivity contribution is -0.133. The van der Waals surface area contributed by atoms with Crippen molar-refractivity contribution in [2.24, 2.45) is 5.92 Å². The standard InChI is InChI=1S/C12H20N4O2/c1-9-13-11(14-18-9)8-15(2)6-10-4-5-12(17)16(3)7-10/h10H,4-8H2,1-3H3. The second kappa shape index (κ2) is 5.48. The molecule has 1 atom stereocenters. The summed E-state index contributed by atoms with van der Waals surface area (Å²) >= 11 is 0. The second-order valence-electron chi connectivity index (χ2n) is 5.11. The van der Waals surface area contributed by atoms with E-state index in [1.807, 2.05) is 19.0 Å². The average Bonchev–Trinajstić information content (AvgIpc) is 2.69. The minimum atomic E-state index is 0.252. The van der Waals surface area contributed by atoms with Gasteiger partial charge in [-0.15, -0.1) is 0 Å². The summed E-state index contributed by atoms with van der Waals surface area (Å²) in [4.78, 5) is 19.6. The van der Waals surface area contributed by atoms with Crippen molar-refractivity contribution in [3.05, 3.63) is 11.7 Å². The van der Waals surface area contributed by atoms with Crippen LogP contribution in [-0.2, 0) is 11.3 Å². The number of likely N-dealkylation sites (tertiary alicyclic amines) is 1. The quantitative estimate of drug-likeness (QED) is 0.788. The summed E-state index contributed by atoms with van der Waals surface area (Å²) in [7, 11) is 3.92. The number of nitrogens with zero attached hydrogens (tertiary/aromatic N) is 4. The second-order valence-corrected chi connectivity index (χ2v) is 5.11. The zero-order valence-electron chi connectivity index (χ0n) is 11.2. The smallest absolute Gasteiger partial charge is 0.223 e. The van der Waals surface area contributed by atoms with Gasteiger partial charge in [0.25, 0.3) is 0 Å². The van der Waals surface area contributed by atoms with Crippen LogP contribution in [0.2, 0.25) is 0 Å². The number of piperidine rings is 1. The Hall–Kier alpha value is -1.43. The lowest BCUT2D eigenvalue weighted by Gasteiger charge is -2.31. The Morgan fingerprint density at radius 3 is 2.94 bits per heavy atom. The number of aromatic nitrogens is 2. The van der Waals surface area contributed by atoms with Crippen LogP contribution in [0.1, 0.15) is 24.6 Å². The van der Waals surface area contributed by atoms with E-state index in [2.05, 4.69) is 15.0 Å². The molecule has 1 aliphatic heterocycles. The van der Waals surface area contributed by atoms with Gasteiger partial charge in [0, 0.05) is 33.5 Å². The van der Waals surface area contributed by atoms with Crippen LogP contribution in [0.5, 0.6) is 0 Å². The van der Waals surface area contributed by atoms with Crippen molar-refractivity contribution >= 4 is 5.91 Å². The highest BCUT2D eigenvalue weighted by Crippen LogP contribution is 2.17. The topological polar surface area (TPSA) is 62.5 Å². The molecule has 1 saturated heterocycles. The van der Waals surface area contributed by atoms with Crippen LogP contribution in [0.25, 0.3) is 0 Å². The van der Waals surface area contributed by atoms with Gasteiger partial charge in [0.1, 0.15) is 0 Å². The third-order valence-corrected chi connectivity index (χ3v) is 3.28. The maximum atomic E-state index is 11.4. The fourth-order valence-corrected chi connectivity index (χ4v) is 2.40. The zero-order valence-corrected chi connectivity index (χ0v) is 11.2. The molecule has 2 heterocycles. The largest absolute Gasteiger partial charge is 0.345 e. The number of carbonyl (C=O) groups is 1. The number of amides is 1. The fraction of sp³-hybridized carbons (Fsp3) is 0.750. The Kier molecular flexibility index (Phi) is 3.96. The average molecular weight is 252 g/mol. The first-order chi connectivity index (χ1) is 8.54. The summed E-state index contributed by atoms with van der Waals surface area (Å²) < 4.78 is 4.95. The van der Waals surface area contributed by atoms with Gasteiger partial charge in [0.2, 0.25) is 11.8 Å². The van der Waals surface area contributed by atoms with Crippen molar-refractivity contribution in [2.75, 3.05) is 27.2 Å². The maximum absolute atomic E-state index is 11.4. The monoisotopic (exact) mass is 252 g/mol. The van der Waals surface area contributed by atoms with Gasteiger partial charge in [-0.3, -0.25) is 9.69 Å². The molecular formula is C12H20N4O2. The fourth-order valence-electron chi connectivity index (χ4n) is 2.40. The van der Waals surface area contributed by atoms with Gasteiger partial charge >= 0.3 is 0 Å². The molecule has 0 radical (unpaired) electrons. The molecule has 100 valence electrons. The third kappa shape index (κ3) is 3.29. The van der Waals surface area contributed by atoms with Crippen LogP contribution in [0.15, 0.2) is 4.52 Å². The summed E-state index contributed by atoms with van der Waals surface area (Å²) in [6.07, 6.45) is 1.63. The molecule has 0 N–H and O–H groups in total. The molecule has 2 rings (SSSR count). The lowest BCUT2D eigenvalue weighted by Crippen LogP contribution is -2.41. The molecule has 0 aliphatic carbocycles. The number of aryl methyl sites for hydroxylation is 1. The molecule has 1 unspecified atom stereocenters. The highest BCUT2D eigenvalue weighted by Gasteiger charge is 2.23. The summed E-state index contributed by atoms with van der Waals surface area (Å²) in [6, 6.07) is 0. The molecule has 1 amide bonds. The van der Waals surface area contributed by atoms with E-state index in [1.54, 1.807) is 6.92 Å². The Bertz CT molecular complexity index is 418. The van der Waals surface area contributed by atoms with Crippen molar-refractivity contribution < 1.29 is 9.32 Å². The van der Waals surface area contributed by atoms with Gasteiger partial charge < -0.3 is 9.42 Å². The highest BCUT2D eigenvalue weighted by atomic mass is 16.5. The number of hydrogen-bond donors (Lipinski definition) is 0. The van der Waals surface area contributed by atoms with Crippen LogP contribution in [-0.4, -0.2) is 53.0 Å². The van der Waals surface area contributed by atoms with E-state index in [0.717, 1.165) is 25.3 Å². The maximum Gasteiger partial charge on any atom is 0.223 e. The van der Waals surface area contributed by atoms with E-state index >= 15 is 0 Å². The number of carbonyl (C=O) groups excluding carboxylic acids is 1. The summed E-state index contributed by atoms with van der Waals surface area (Å²) in [5.41, 5.74) is 0. The molecule has 0 spiro atoms. The van der Waals surface area contributed by atoms with E-state index in [4.69, 9.17) is 4.52 Å². The highest BCUT2D eigenvalue weighted by molar-refractivity contribution is 5.76. The van der Waals surface area contributed by atoms with Gasteiger partial charge in [-0.1, -0.05) is 5.16 Å². The number of hydrogen-bond acceptors (Lipinski definition) is 5. The molecule has 0 aromatic carbocycles. The van der Waals surface area contributed by atoms with Crippen molar-refractivity contribution in [3.8, 4) is 0 Å². The van der Waals surface area contributed by atoms with Gasteiger partial charge in [0.15, 0.2) is 5.82 Å². The molecule has 6 heteroatoms. The van der Waals surface area contributed by atoms with E-state index in [9.17, 15) is 4.79 Å². The van der Waals surface area contributed by atoms with Crippen LogP contribution in [0, 0.1) is 12.8 Å². The van der Waals surface area contributed by atoms with Crippen molar-refractivity contribution in [1.82, 2.24) is 19.9 Å². The first-order valence-corrected chi connectivity index (χ1v) is 6.26. The summed E-state index contributed by atoms with van der Waals surface area (Å²) in [6.45, 7) is 4.27. The minimum absolute atomic E-state index is 0.252. The van der Waals surface area contributed by atoms with Gasteiger partial charge in [-0.25, -0.2) is 0 Å². The van der Waals surface area contributed by atoms with Gasteiger partial charge in [-0.05, 0) is 19.4 Å². The zero-order chi connectivity index (χ0) is 13.1. The van der Waals surface area contributed by atoms with Crippen molar-refractivity contribution in [1.29, 1.82) is 0 Å². The Labute approximate surface area is 107 Å². The van der Waals surface area contributed by atoms with Gasteiger partial charge in [-0.2, -0.15) is 4.98 Å². The minimum Gasteiger partial charge on any atom is -0.345 e. The molecular weight excluding hydrogens is 232 g/mol. The van der Waals surface area contributed by atoms with E-state index in [1.165, 1.54) is 0 Å². The Balaban J connectivity index is 1.80. The predicted molar refractivity (Wildman–Crippen MR) is 65.7 cm³/mol. The van der Waals surface area contributed by atoms with E-state index in [-0.39, 0.29) is 5.91 Å². The molecule has 1 aromatic rings. The third-order valence-electron chi connectivity index (χ3n) is 3.28. The van der Waals surface area contributed by atoms with Crippen LogP contribution in [0.4, 0.5) is 0 Å². The van der Waals surface area contributed by atoms with Crippen molar-refractivity contribution in [2.45, 2.75) is 26.3 Å². The van der Waals surface area contributed by atoms with E-state index < -0.39 is 0 Å². The summed E-state index contributed by atoms with van der Waals surface area (Å²) in [5, 5.41) is 3.88. The first kappa shape index (κ1) is 13.0. The van der Waals surface area contributed by atoms with Crippen molar-refractivity contribution in [3.63, 3.8) is 0 Å². The van der Waals surface area contributed by atoms with Gasteiger partial charge in [0.05, 0.1) is 6.54 Å². The first-order valence-electron chi connectivity index (χ1n) is 6.26. The summed E-state index contributed by atoms with van der Waals surface area (Å²) in [5.74, 6) is 2.10. The normalized spacial score (nSPS) is 20.8. The molecule has 1 aliphatic rings. The van der Waals surface area contributed by atoms with Crippen LogP contribution in [0.3, 0.4) is 0 Å².